The van der Waals surface area contributed by atoms with Gasteiger partial charge in [-0.1, -0.05) is 24.3 Å². The summed E-state index contributed by atoms with van der Waals surface area (Å²) in [5.41, 5.74) is 0.681. The second-order valence-electron chi connectivity index (χ2n) is 10.1. The average molecular weight is 605 g/mol. The number of aromatic nitrogens is 3. The number of rotatable bonds is 4. The molecule has 0 saturated carbocycles. The minimum atomic E-state index is -4.01. The van der Waals surface area contributed by atoms with E-state index in [2.05, 4.69) is 11.7 Å². The molecule has 1 atom stereocenters. The maximum atomic E-state index is 16.0. The van der Waals surface area contributed by atoms with Crippen molar-refractivity contribution in [2.24, 2.45) is 4.99 Å². The van der Waals surface area contributed by atoms with Crippen molar-refractivity contribution in [1.29, 1.82) is 0 Å². The first-order valence-electron chi connectivity index (χ1n) is 13.0. The highest BCUT2D eigenvalue weighted by Crippen LogP contribution is 2.39. The predicted octanol–water partition coefficient (Wildman–Crippen LogP) is 7.11. The number of hydrogen-bond acceptors (Lipinski definition) is 6. The van der Waals surface area contributed by atoms with E-state index < -0.39 is 27.2 Å². The summed E-state index contributed by atoms with van der Waals surface area (Å²) in [6, 6.07) is 14.9. The molecular formula is C31H26F2N4O3S2. The zero-order valence-electron chi connectivity index (χ0n) is 22.8. The van der Waals surface area contributed by atoms with Crippen LogP contribution in [0.1, 0.15) is 30.0 Å². The van der Waals surface area contributed by atoms with Gasteiger partial charge in [-0.15, -0.1) is 18.3 Å². The fraction of sp³-hybridized carbons (Fsp3) is 0.161. The summed E-state index contributed by atoms with van der Waals surface area (Å²) in [7, 11) is -4.01. The van der Waals surface area contributed by atoms with Gasteiger partial charge in [0, 0.05) is 40.5 Å². The quantitative estimate of drug-likeness (QED) is 0.204. The van der Waals surface area contributed by atoms with Gasteiger partial charge in [0.15, 0.2) is 11.6 Å². The molecule has 11 heteroatoms. The van der Waals surface area contributed by atoms with Crippen molar-refractivity contribution in [3.05, 3.63) is 120 Å². The molecule has 0 aliphatic carbocycles. The molecule has 0 fully saturated rings. The van der Waals surface area contributed by atoms with Crippen molar-refractivity contribution in [2.75, 3.05) is 6.26 Å². The highest BCUT2D eigenvalue weighted by molar-refractivity contribution is 8.13. The Bertz CT molecular complexity index is 1980. The SMILES string of the molecule is C=CCC1(C)N=C(SC)c2cc(ccc2F)Oc2c(F)cc3c(ccn3S(=O)(=O)c3ccccc3)c2Cn2cc1cn2. The number of halogens is 2. The Morgan fingerprint density at radius 1 is 1.12 bits per heavy atom. The van der Waals surface area contributed by atoms with Gasteiger partial charge in [-0.2, -0.15) is 5.10 Å². The standard InChI is InChI=1S/C31H26F2N4O3S2/c1-4-13-31(2)20-17-34-36(18-20)19-25-23-12-14-37(42(38,39)22-8-6-5-7-9-22)28(23)16-27(33)29(25)40-21-10-11-26(32)24(15-21)30(35-31)41-3/h4-12,14-18H,1,13,19H2,2-3H3. The molecule has 0 spiro atoms. The number of nitrogens with zero attached hydrogens (tertiary/aromatic N) is 4. The summed E-state index contributed by atoms with van der Waals surface area (Å²) in [5, 5.41) is 5.43. The molecule has 3 heterocycles. The lowest BCUT2D eigenvalue weighted by atomic mass is 9.92. The van der Waals surface area contributed by atoms with E-state index in [4.69, 9.17) is 9.73 Å². The Labute approximate surface area is 246 Å². The number of aliphatic imine (C=N–C) groups is 1. The molecule has 214 valence electrons. The van der Waals surface area contributed by atoms with E-state index in [9.17, 15) is 8.42 Å². The van der Waals surface area contributed by atoms with Crippen LogP contribution in [0.25, 0.3) is 10.9 Å². The van der Waals surface area contributed by atoms with Gasteiger partial charge < -0.3 is 4.74 Å². The maximum absolute atomic E-state index is 16.0. The lowest BCUT2D eigenvalue weighted by Gasteiger charge is -2.24. The van der Waals surface area contributed by atoms with Crippen LogP contribution in [0.3, 0.4) is 0 Å². The summed E-state index contributed by atoms with van der Waals surface area (Å²) >= 11 is 1.29. The molecule has 7 nitrogen and oxygen atoms in total. The molecule has 0 N–H and O–H groups in total. The fourth-order valence-electron chi connectivity index (χ4n) is 5.15. The Morgan fingerprint density at radius 2 is 1.90 bits per heavy atom. The normalized spacial score (nSPS) is 16.9. The molecule has 3 aromatic carbocycles. The van der Waals surface area contributed by atoms with Crippen LogP contribution in [0, 0.1) is 11.6 Å². The molecule has 0 radical (unpaired) electrons. The lowest BCUT2D eigenvalue weighted by Crippen LogP contribution is -2.20. The van der Waals surface area contributed by atoms with Gasteiger partial charge in [0.2, 0.25) is 0 Å². The first kappa shape index (κ1) is 27.9. The molecular weight excluding hydrogens is 578 g/mol. The molecule has 6 rings (SSSR count). The molecule has 42 heavy (non-hydrogen) atoms. The second kappa shape index (κ2) is 10.6. The fourth-order valence-corrected chi connectivity index (χ4v) is 7.18. The topological polar surface area (TPSA) is 78.5 Å². The number of hydrogen-bond donors (Lipinski definition) is 0. The summed E-state index contributed by atoms with van der Waals surface area (Å²) < 4.78 is 67.0. The van der Waals surface area contributed by atoms with E-state index in [1.54, 1.807) is 47.4 Å². The molecule has 5 aromatic rings. The van der Waals surface area contributed by atoms with Crippen molar-refractivity contribution in [3.63, 3.8) is 0 Å². The highest BCUT2D eigenvalue weighted by Gasteiger charge is 2.30. The molecule has 0 amide bonds. The Morgan fingerprint density at radius 3 is 2.64 bits per heavy atom. The van der Waals surface area contributed by atoms with Crippen LogP contribution in [0.15, 0.2) is 102 Å². The van der Waals surface area contributed by atoms with Gasteiger partial charge in [-0.3, -0.25) is 9.67 Å². The summed E-state index contributed by atoms with van der Waals surface area (Å²) in [6.07, 6.45) is 8.88. The van der Waals surface area contributed by atoms with Crippen LogP contribution in [0.5, 0.6) is 11.5 Å². The third-order valence-corrected chi connectivity index (χ3v) is 9.72. The first-order valence-corrected chi connectivity index (χ1v) is 15.7. The van der Waals surface area contributed by atoms with Crippen molar-refractivity contribution < 1.29 is 21.9 Å². The van der Waals surface area contributed by atoms with Gasteiger partial charge in [0.05, 0.1) is 28.7 Å². The van der Waals surface area contributed by atoms with Gasteiger partial charge >= 0.3 is 0 Å². The van der Waals surface area contributed by atoms with Crippen LogP contribution in [-0.4, -0.2) is 33.5 Å². The summed E-state index contributed by atoms with van der Waals surface area (Å²) in [5.74, 6) is -1.18. The maximum Gasteiger partial charge on any atom is 0.268 e. The lowest BCUT2D eigenvalue weighted by molar-refractivity contribution is 0.433. The van der Waals surface area contributed by atoms with Crippen LogP contribution in [-0.2, 0) is 22.1 Å². The third-order valence-electron chi connectivity index (χ3n) is 7.32. The Hall–Kier alpha value is -4.22. The van der Waals surface area contributed by atoms with E-state index in [0.717, 1.165) is 15.6 Å². The summed E-state index contributed by atoms with van der Waals surface area (Å²) in [6.45, 7) is 5.88. The number of thioether (sulfide) groups is 1. The summed E-state index contributed by atoms with van der Waals surface area (Å²) in [4.78, 5) is 5.03. The van der Waals surface area contributed by atoms with E-state index in [0.29, 0.717) is 22.4 Å². The van der Waals surface area contributed by atoms with Crippen LogP contribution < -0.4 is 4.74 Å². The van der Waals surface area contributed by atoms with Crippen molar-refractivity contribution in [2.45, 2.75) is 30.3 Å². The van der Waals surface area contributed by atoms with Crippen molar-refractivity contribution in [1.82, 2.24) is 13.8 Å². The van der Waals surface area contributed by atoms with Crippen LogP contribution in [0.4, 0.5) is 8.78 Å². The van der Waals surface area contributed by atoms with E-state index >= 15 is 8.78 Å². The molecule has 4 bridgehead atoms. The minimum Gasteiger partial charge on any atom is -0.454 e. The smallest absolute Gasteiger partial charge is 0.268 e. The van der Waals surface area contributed by atoms with E-state index in [1.165, 1.54) is 48.3 Å². The molecule has 1 unspecified atom stereocenters. The van der Waals surface area contributed by atoms with E-state index in [-0.39, 0.29) is 34.0 Å². The zero-order chi connectivity index (χ0) is 29.6. The highest BCUT2D eigenvalue weighted by atomic mass is 32.2. The van der Waals surface area contributed by atoms with Crippen molar-refractivity contribution in [3.8, 4) is 11.5 Å². The molecule has 1 aliphatic heterocycles. The molecule has 0 saturated heterocycles. The predicted molar refractivity (Wildman–Crippen MR) is 161 cm³/mol. The van der Waals surface area contributed by atoms with Crippen LogP contribution >= 0.6 is 11.8 Å². The molecule has 1 aliphatic rings. The first-order chi connectivity index (χ1) is 20.1. The Balaban J connectivity index is 1.61. The zero-order valence-corrected chi connectivity index (χ0v) is 24.4. The van der Waals surface area contributed by atoms with Gasteiger partial charge in [-0.05, 0) is 56.0 Å². The second-order valence-corrected chi connectivity index (χ2v) is 12.7. The molecule has 2 aromatic heterocycles. The van der Waals surface area contributed by atoms with Gasteiger partial charge in [-0.25, -0.2) is 21.2 Å². The number of benzene rings is 3. The van der Waals surface area contributed by atoms with Crippen LogP contribution in [0.2, 0.25) is 0 Å². The van der Waals surface area contributed by atoms with Gasteiger partial charge in [0.25, 0.3) is 10.0 Å². The number of fused-ring (bicyclic) bond motifs is 7. The average Bonchev–Trinajstić information content (AvgIpc) is 3.63. The van der Waals surface area contributed by atoms with E-state index in [1.807, 2.05) is 13.2 Å². The minimum absolute atomic E-state index is 0.0658. The van der Waals surface area contributed by atoms with Gasteiger partial charge in [0.1, 0.15) is 16.6 Å². The van der Waals surface area contributed by atoms with Crippen molar-refractivity contribution >= 4 is 37.7 Å². The number of ether oxygens (including phenoxy) is 1. The Kier molecular flexibility index (Phi) is 7.02. The largest absolute Gasteiger partial charge is 0.454 e. The monoisotopic (exact) mass is 604 g/mol. The third kappa shape index (κ3) is 4.72.